The number of carbonyl (C=O) groups is 1. The van der Waals surface area contributed by atoms with Crippen LogP contribution in [0.15, 0.2) is 0 Å². The van der Waals surface area contributed by atoms with E-state index in [1.807, 2.05) is 0 Å². The lowest BCUT2D eigenvalue weighted by Crippen LogP contribution is -2.49. The van der Waals surface area contributed by atoms with Crippen molar-refractivity contribution in [3.8, 4) is 0 Å². The Hall–Kier alpha value is -0.570. The average molecular weight is 293 g/mol. The predicted molar refractivity (Wildman–Crippen MR) is 84.3 cm³/mol. The molecule has 120 valence electrons. The summed E-state index contributed by atoms with van der Waals surface area (Å²) in [6.07, 6.45) is 12.3. The van der Waals surface area contributed by atoms with E-state index in [9.17, 15) is 9.90 Å². The fraction of sp³-hybridized carbons (Fsp3) is 0.944. The number of carboxylic acid groups (broad SMARTS) is 1. The standard InChI is InChI=1S/C18H31NO2/c1-15-5-4-8-18(13-15,16(20)21)14-19-11-9-17(10-12-19)6-2-3-7-17/h15H,2-14H2,1H3,(H,20,21). The van der Waals surface area contributed by atoms with E-state index < -0.39 is 11.4 Å². The van der Waals surface area contributed by atoms with E-state index in [1.165, 1.54) is 44.9 Å². The Kier molecular flexibility index (Phi) is 4.31. The van der Waals surface area contributed by atoms with Gasteiger partial charge in [-0.05, 0) is 62.9 Å². The third-order valence-electron chi connectivity index (χ3n) is 6.65. The van der Waals surface area contributed by atoms with Crippen LogP contribution in [0.2, 0.25) is 0 Å². The smallest absolute Gasteiger partial charge is 0.310 e. The Balaban J connectivity index is 1.61. The van der Waals surface area contributed by atoms with E-state index in [4.69, 9.17) is 0 Å². The molecule has 1 spiro atoms. The topological polar surface area (TPSA) is 40.5 Å². The second kappa shape index (κ2) is 5.91. The molecule has 0 aromatic heterocycles. The Morgan fingerprint density at radius 1 is 1.10 bits per heavy atom. The number of likely N-dealkylation sites (tertiary alicyclic amines) is 1. The van der Waals surface area contributed by atoms with Crippen LogP contribution in [-0.4, -0.2) is 35.6 Å². The number of hydrogen-bond donors (Lipinski definition) is 1. The summed E-state index contributed by atoms with van der Waals surface area (Å²) >= 11 is 0. The molecular weight excluding hydrogens is 262 g/mol. The Bertz CT molecular complexity index is 379. The molecule has 0 radical (unpaired) electrons. The minimum Gasteiger partial charge on any atom is -0.481 e. The van der Waals surface area contributed by atoms with Crippen molar-refractivity contribution in [1.82, 2.24) is 4.90 Å². The minimum absolute atomic E-state index is 0.460. The van der Waals surface area contributed by atoms with Crippen LogP contribution in [0.5, 0.6) is 0 Å². The zero-order valence-electron chi connectivity index (χ0n) is 13.6. The van der Waals surface area contributed by atoms with Gasteiger partial charge in [0.2, 0.25) is 0 Å². The largest absolute Gasteiger partial charge is 0.481 e. The molecular formula is C18H31NO2. The quantitative estimate of drug-likeness (QED) is 0.857. The molecule has 1 heterocycles. The maximum absolute atomic E-state index is 11.9. The van der Waals surface area contributed by atoms with Gasteiger partial charge in [-0.1, -0.05) is 32.6 Å². The first-order chi connectivity index (χ1) is 10.0. The van der Waals surface area contributed by atoms with Crippen LogP contribution in [0.1, 0.15) is 71.1 Å². The summed E-state index contributed by atoms with van der Waals surface area (Å²) in [6, 6.07) is 0. The van der Waals surface area contributed by atoms with Crippen LogP contribution in [-0.2, 0) is 4.79 Å². The molecule has 21 heavy (non-hydrogen) atoms. The maximum atomic E-state index is 11.9. The van der Waals surface area contributed by atoms with E-state index in [0.717, 1.165) is 38.9 Å². The van der Waals surface area contributed by atoms with Gasteiger partial charge in [0.25, 0.3) is 0 Å². The zero-order valence-corrected chi connectivity index (χ0v) is 13.6. The van der Waals surface area contributed by atoms with Gasteiger partial charge < -0.3 is 10.0 Å². The second-order valence-corrected chi connectivity index (χ2v) is 8.27. The summed E-state index contributed by atoms with van der Waals surface area (Å²) in [5, 5.41) is 9.82. The minimum atomic E-state index is -0.546. The summed E-state index contributed by atoms with van der Waals surface area (Å²) in [5.41, 5.74) is 0.171. The molecule has 2 unspecified atom stereocenters. The van der Waals surface area contributed by atoms with Gasteiger partial charge in [-0.2, -0.15) is 0 Å². The van der Waals surface area contributed by atoms with Gasteiger partial charge in [0.1, 0.15) is 0 Å². The average Bonchev–Trinajstić information content (AvgIpc) is 2.90. The fourth-order valence-corrected chi connectivity index (χ4v) is 5.30. The summed E-state index contributed by atoms with van der Waals surface area (Å²) in [5.74, 6) is 0.0241. The van der Waals surface area contributed by atoms with Crippen molar-refractivity contribution in [2.24, 2.45) is 16.7 Å². The highest BCUT2D eigenvalue weighted by Crippen LogP contribution is 2.47. The van der Waals surface area contributed by atoms with Crippen LogP contribution in [0.3, 0.4) is 0 Å². The Labute approximate surface area is 129 Å². The highest BCUT2D eigenvalue weighted by atomic mass is 16.4. The molecule has 0 bridgehead atoms. The van der Waals surface area contributed by atoms with Crippen molar-refractivity contribution in [3.63, 3.8) is 0 Å². The molecule has 2 saturated carbocycles. The highest BCUT2D eigenvalue weighted by Gasteiger charge is 2.45. The summed E-state index contributed by atoms with van der Waals surface area (Å²) in [4.78, 5) is 14.4. The lowest BCUT2D eigenvalue weighted by molar-refractivity contribution is -0.154. The molecule has 3 aliphatic rings. The van der Waals surface area contributed by atoms with E-state index in [1.54, 1.807) is 0 Å². The van der Waals surface area contributed by atoms with Gasteiger partial charge in [-0.15, -0.1) is 0 Å². The first-order valence-electron chi connectivity index (χ1n) is 9.00. The number of aliphatic carboxylic acids is 1. The van der Waals surface area contributed by atoms with Crippen molar-refractivity contribution in [2.45, 2.75) is 71.1 Å². The van der Waals surface area contributed by atoms with Gasteiger partial charge in [-0.3, -0.25) is 4.79 Å². The lowest BCUT2D eigenvalue weighted by atomic mass is 9.69. The van der Waals surface area contributed by atoms with Crippen LogP contribution >= 0.6 is 0 Å². The Morgan fingerprint density at radius 2 is 1.76 bits per heavy atom. The molecule has 2 aliphatic carbocycles. The maximum Gasteiger partial charge on any atom is 0.310 e. The molecule has 0 aromatic carbocycles. The predicted octanol–water partition coefficient (Wildman–Crippen LogP) is 3.92. The number of piperidine rings is 1. The first-order valence-corrected chi connectivity index (χ1v) is 9.00. The van der Waals surface area contributed by atoms with Crippen molar-refractivity contribution in [3.05, 3.63) is 0 Å². The molecule has 1 saturated heterocycles. The van der Waals surface area contributed by atoms with E-state index in [-0.39, 0.29) is 0 Å². The van der Waals surface area contributed by atoms with E-state index >= 15 is 0 Å². The van der Waals surface area contributed by atoms with Crippen molar-refractivity contribution < 1.29 is 9.90 Å². The van der Waals surface area contributed by atoms with Crippen LogP contribution in [0.4, 0.5) is 0 Å². The molecule has 0 amide bonds. The van der Waals surface area contributed by atoms with Gasteiger partial charge in [0, 0.05) is 6.54 Å². The second-order valence-electron chi connectivity index (χ2n) is 8.27. The molecule has 1 N–H and O–H groups in total. The van der Waals surface area contributed by atoms with Crippen LogP contribution < -0.4 is 0 Å². The SMILES string of the molecule is CC1CCCC(CN2CCC3(CCCC3)CC2)(C(=O)O)C1. The van der Waals surface area contributed by atoms with E-state index in [2.05, 4.69) is 11.8 Å². The number of rotatable bonds is 3. The molecule has 3 nitrogen and oxygen atoms in total. The van der Waals surface area contributed by atoms with Gasteiger partial charge in [0.05, 0.1) is 5.41 Å². The van der Waals surface area contributed by atoms with Gasteiger partial charge >= 0.3 is 5.97 Å². The van der Waals surface area contributed by atoms with Crippen LogP contribution in [0, 0.1) is 16.7 Å². The number of hydrogen-bond acceptors (Lipinski definition) is 2. The molecule has 3 heteroatoms. The van der Waals surface area contributed by atoms with Crippen molar-refractivity contribution in [1.29, 1.82) is 0 Å². The summed E-state index contributed by atoms with van der Waals surface area (Å²) < 4.78 is 0. The molecule has 3 rings (SSSR count). The molecule has 2 atom stereocenters. The van der Waals surface area contributed by atoms with Crippen molar-refractivity contribution in [2.75, 3.05) is 19.6 Å². The zero-order chi connectivity index (χ0) is 14.9. The fourth-order valence-electron chi connectivity index (χ4n) is 5.30. The third kappa shape index (κ3) is 3.13. The first kappa shape index (κ1) is 15.3. The summed E-state index contributed by atoms with van der Waals surface area (Å²) in [7, 11) is 0. The lowest BCUT2D eigenvalue weighted by Gasteiger charge is -2.44. The molecule has 0 aromatic rings. The third-order valence-corrected chi connectivity index (χ3v) is 6.65. The molecule has 1 aliphatic heterocycles. The highest BCUT2D eigenvalue weighted by molar-refractivity contribution is 5.75. The summed E-state index contributed by atoms with van der Waals surface area (Å²) in [6.45, 7) is 5.27. The number of carboxylic acids is 1. The molecule has 3 fully saturated rings. The van der Waals surface area contributed by atoms with Gasteiger partial charge in [-0.25, -0.2) is 0 Å². The monoisotopic (exact) mass is 293 g/mol. The van der Waals surface area contributed by atoms with Crippen molar-refractivity contribution >= 4 is 5.97 Å². The van der Waals surface area contributed by atoms with E-state index in [0.29, 0.717) is 11.3 Å². The Morgan fingerprint density at radius 3 is 2.33 bits per heavy atom. The van der Waals surface area contributed by atoms with Crippen LogP contribution in [0.25, 0.3) is 0 Å². The normalized spacial score (nSPS) is 36.9. The number of nitrogens with zero attached hydrogens (tertiary/aromatic N) is 1. The van der Waals surface area contributed by atoms with Gasteiger partial charge in [0.15, 0.2) is 0 Å².